The summed E-state index contributed by atoms with van der Waals surface area (Å²) >= 11 is 11.6. The summed E-state index contributed by atoms with van der Waals surface area (Å²) in [6, 6.07) is 9.51. The smallest absolute Gasteiger partial charge is 0.141 e. The predicted octanol–water partition coefficient (Wildman–Crippen LogP) is 4.78. The number of hydrogen-bond acceptors (Lipinski definition) is 2. The second-order valence-corrected chi connectivity index (χ2v) is 5.89. The van der Waals surface area contributed by atoms with Crippen molar-refractivity contribution in [3.63, 3.8) is 0 Å². The second-order valence-electron chi connectivity index (χ2n) is 3.68. The average molecular weight is 405 g/mol. The zero-order valence-corrected chi connectivity index (χ0v) is 13.5. The molecule has 0 aliphatic carbocycles. The highest BCUT2D eigenvalue weighted by Gasteiger charge is 2.11. The highest BCUT2D eigenvalue weighted by molar-refractivity contribution is 9.11. The molecule has 0 saturated heterocycles. The number of ether oxygens (including phenoxy) is 1. The maximum Gasteiger partial charge on any atom is 0.141 e. The first-order valence-electron chi connectivity index (χ1n) is 5.19. The summed E-state index contributed by atoms with van der Waals surface area (Å²) in [5, 5.41) is 0. The lowest BCUT2D eigenvalue weighted by atomic mass is 10.2. The molecule has 0 aromatic heterocycles. The van der Waals surface area contributed by atoms with Gasteiger partial charge in [0.05, 0.1) is 10.0 Å². The number of nitrogens with two attached hydrogens (primary N) is 1. The summed E-state index contributed by atoms with van der Waals surface area (Å²) < 4.78 is 20.6. The number of benzene rings is 2. The van der Waals surface area contributed by atoms with Crippen LogP contribution >= 0.6 is 44.1 Å². The van der Waals surface area contributed by atoms with Gasteiger partial charge in [0.2, 0.25) is 0 Å². The fourth-order valence-corrected chi connectivity index (χ4v) is 2.75. The highest BCUT2D eigenvalue weighted by atomic mass is 79.9. The maximum atomic E-state index is 13.2. The van der Waals surface area contributed by atoms with E-state index in [2.05, 4.69) is 31.9 Å². The van der Waals surface area contributed by atoms with Gasteiger partial charge >= 0.3 is 0 Å². The molecule has 6 heteroatoms. The standard InChI is InChI=1S/C13H8Br2FNOS/c14-7-1-3-12(10(15)5-7)18-11-4-2-8(16)6-9(11)13(17)19/h1-6H,(H2,17,19). The minimum absolute atomic E-state index is 0.0859. The van der Waals surface area contributed by atoms with Crippen molar-refractivity contribution < 1.29 is 9.13 Å². The van der Waals surface area contributed by atoms with Crippen molar-refractivity contribution in [2.45, 2.75) is 0 Å². The van der Waals surface area contributed by atoms with Crippen LogP contribution in [0.5, 0.6) is 11.5 Å². The van der Waals surface area contributed by atoms with Crippen LogP contribution in [0, 0.1) is 5.82 Å². The van der Waals surface area contributed by atoms with Crippen LogP contribution in [0.15, 0.2) is 45.3 Å². The van der Waals surface area contributed by atoms with E-state index < -0.39 is 5.82 Å². The lowest BCUT2D eigenvalue weighted by Crippen LogP contribution is -2.11. The van der Waals surface area contributed by atoms with Crippen LogP contribution in [0.4, 0.5) is 4.39 Å². The molecule has 0 unspecified atom stereocenters. The first-order chi connectivity index (χ1) is 8.97. The van der Waals surface area contributed by atoms with Gasteiger partial charge in [0.25, 0.3) is 0 Å². The molecule has 2 N–H and O–H groups in total. The Bertz CT molecular complexity index is 649. The van der Waals surface area contributed by atoms with Gasteiger partial charge in [-0.2, -0.15) is 0 Å². The van der Waals surface area contributed by atoms with Crippen LogP contribution < -0.4 is 10.5 Å². The summed E-state index contributed by atoms with van der Waals surface area (Å²) in [7, 11) is 0. The Hall–Kier alpha value is -0.980. The summed E-state index contributed by atoms with van der Waals surface area (Å²) in [5.74, 6) is 0.592. The van der Waals surface area contributed by atoms with E-state index in [9.17, 15) is 4.39 Å². The Morgan fingerprint density at radius 3 is 2.42 bits per heavy atom. The molecule has 2 aromatic rings. The molecule has 0 bridgehead atoms. The third-order valence-electron chi connectivity index (χ3n) is 2.32. The molecule has 0 aliphatic rings. The Morgan fingerprint density at radius 1 is 1.11 bits per heavy atom. The predicted molar refractivity (Wildman–Crippen MR) is 84.2 cm³/mol. The zero-order chi connectivity index (χ0) is 14.0. The van der Waals surface area contributed by atoms with Crippen LogP contribution in [-0.2, 0) is 0 Å². The summed E-state index contributed by atoms with van der Waals surface area (Å²) in [5.41, 5.74) is 5.93. The van der Waals surface area contributed by atoms with Crippen LogP contribution in [0.1, 0.15) is 5.56 Å². The van der Waals surface area contributed by atoms with Gasteiger partial charge in [0.15, 0.2) is 0 Å². The molecule has 2 rings (SSSR count). The monoisotopic (exact) mass is 403 g/mol. The molecule has 0 atom stereocenters. The fraction of sp³-hybridized carbons (Fsp3) is 0. The normalized spacial score (nSPS) is 10.3. The van der Waals surface area contributed by atoms with Crippen molar-refractivity contribution in [1.82, 2.24) is 0 Å². The maximum absolute atomic E-state index is 13.2. The second kappa shape index (κ2) is 5.98. The Morgan fingerprint density at radius 2 is 1.79 bits per heavy atom. The molecule has 19 heavy (non-hydrogen) atoms. The Labute approximate surface area is 132 Å². The molecule has 0 fully saturated rings. The van der Waals surface area contributed by atoms with Gasteiger partial charge in [0, 0.05) is 4.47 Å². The van der Waals surface area contributed by atoms with Gasteiger partial charge in [-0.15, -0.1) is 0 Å². The van der Waals surface area contributed by atoms with Crippen molar-refractivity contribution in [3.8, 4) is 11.5 Å². The number of halogens is 3. The molecule has 0 amide bonds. The molecule has 2 aromatic carbocycles. The van der Waals surface area contributed by atoms with Crippen molar-refractivity contribution in [1.29, 1.82) is 0 Å². The van der Waals surface area contributed by atoms with Gasteiger partial charge in [-0.05, 0) is 52.3 Å². The molecular weight excluding hydrogens is 397 g/mol. The Kier molecular flexibility index (Phi) is 4.54. The van der Waals surface area contributed by atoms with Gasteiger partial charge in [0.1, 0.15) is 22.3 Å². The lowest BCUT2D eigenvalue weighted by molar-refractivity contribution is 0.476. The highest BCUT2D eigenvalue weighted by Crippen LogP contribution is 2.33. The molecular formula is C13H8Br2FNOS. The van der Waals surface area contributed by atoms with E-state index in [0.717, 1.165) is 8.95 Å². The van der Waals surface area contributed by atoms with Gasteiger partial charge in [-0.1, -0.05) is 28.1 Å². The topological polar surface area (TPSA) is 35.2 Å². The SMILES string of the molecule is NC(=S)c1cc(F)ccc1Oc1ccc(Br)cc1Br. The lowest BCUT2D eigenvalue weighted by Gasteiger charge is -2.12. The van der Waals surface area contributed by atoms with Gasteiger partial charge in [-0.3, -0.25) is 0 Å². The van der Waals surface area contributed by atoms with E-state index in [1.165, 1.54) is 18.2 Å². The van der Waals surface area contributed by atoms with Crippen molar-refractivity contribution in [2.75, 3.05) is 0 Å². The average Bonchev–Trinajstić information content (AvgIpc) is 2.34. The molecule has 2 nitrogen and oxygen atoms in total. The molecule has 0 radical (unpaired) electrons. The van der Waals surface area contributed by atoms with Gasteiger partial charge < -0.3 is 10.5 Å². The quantitative estimate of drug-likeness (QED) is 0.747. The zero-order valence-electron chi connectivity index (χ0n) is 9.49. The van der Waals surface area contributed by atoms with E-state index in [4.69, 9.17) is 22.7 Å². The third-order valence-corrected chi connectivity index (χ3v) is 3.65. The summed E-state index contributed by atoms with van der Waals surface area (Å²) in [6.07, 6.45) is 0. The van der Waals surface area contributed by atoms with Crippen molar-refractivity contribution in [2.24, 2.45) is 5.73 Å². The van der Waals surface area contributed by atoms with Crippen molar-refractivity contribution in [3.05, 3.63) is 56.7 Å². The van der Waals surface area contributed by atoms with E-state index in [0.29, 0.717) is 17.1 Å². The van der Waals surface area contributed by atoms with E-state index in [-0.39, 0.29) is 4.99 Å². The molecule has 0 aliphatic heterocycles. The first-order valence-corrected chi connectivity index (χ1v) is 7.19. The summed E-state index contributed by atoms with van der Waals surface area (Å²) in [6.45, 7) is 0. The minimum Gasteiger partial charge on any atom is -0.455 e. The minimum atomic E-state index is -0.412. The Balaban J connectivity index is 2.40. The van der Waals surface area contributed by atoms with Crippen LogP contribution in [0.3, 0.4) is 0 Å². The molecule has 0 spiro atoms. The van der Waals surface area contributed by atoms with E-state index >= 15 is 0 Å². The van der Waals surface area contributed by atoms with Crippen molar-refractivity contribution >= 4 is 49.1 Å². The van der Waals surface area contributed by atoms with Gasteiger partial charge in [-0.25, -0.2) is 4.39 Å². The van der Waals surface area contributed by atoms with Crippen LogP contribution in [0.25, 0.3) is 0 Å². The third kappa shape index (κ3) is 3.52. The first kappa shape index (κ1) is 14.4. The molecule has 0 heterocycles. The van der Waals surface area contributed by atoms with Crippen LogP contribution in [0.2, 0.25) is 0 Å². The van der Waals surface area contributed by atoms with E-state index in [1.54, 1.807) is 6.07 Å². The number of hydrogen-bond donors (Lipinski definition) is 1. The largest absolute Gasteiger partial charge is 0.455 e. The number of rotatable bonds is 3. The molecule has 98 valence electrons. The number of thiocarbonyl (C=S) groups is 1. The van der Waals surface area contributed by atoms with E-state index in [1.807, 2.05) is 12.1 Å². The van der Waals surface area contributed by atoms with Crippen LogP contribution in [-0.4, -0.2) is 4.99 Å². The molecule has 0 saturated carbocycles. The summed E-state index contributed by atoms with van der Waals surface area (Å²) in [4.78, 5) is 0.0859. The fourth-order valence-electron chi connectivity index (χ4n) is 1.46.